The fourth-order valence-electron chi connectivity index (χ4n) is 5.69. The van der Waals surface area contributed by atoms with Crippen molar-refractivity contribution in [2.24, 2.45) is 0 Å². The monoisotopic (exact) mass is 355 g/mol. The topological polar surface area (TPSA) is 12.0 Å². The highest BCUT2D eigenvalue weighted by Gasteiger charge is 2.60. The van der Waals surface area contributed by atoms with Gasteiger partial charge in [0.1, 0.15) is 7.75 Å². The predicted molar refractivity (Wildman–Crippen MR) is 114 cm³/mol. The zero-order valence-electron chi connectivity index (χ0n) is 18.0. The smallest absolute Gasteiger partial charge is 0.143 e. The minimum atomic E-state index is -1.70. The van der Waals surface area contributed by atoms with E-state index in [-0.39, 0.29) is 0 Å². The van der Waals surface area contributed by atoms with Gasteiger partial charge in [0.2, 0.25) is 0 Å². The molecule has 0 saturated carbocycles. The van der Waals surface area contributed by atoms with Crippen LogP contribution in [0.15, 0.2) is 11.3 Å². The zero-order valence-corrected chi connectivity index (χ0v) is 20.0. The maximum absolute atomic E-state index is 4.35. The number of hydrogen-bond donors (Lipinski definition) is 1. The van der Waals surface area contributed by atoms with Crippen molar-refractivity contribution in [3.8, 4) is 0 Å². The molecule has 1 N–H and O–H groups in total. The summed E-state index contributed by atoms with van der Waals surface area (Å²) < 4.78 is 0. The predicted octanol–water partition coefficient (Wildman–Crippen LogP) is 6.99. The molecule has 0 aromatic heterocycles. The summed E-state index contributed by atoms with van der Waals surface area (Å²) in [4.78, 5) is 4.35. The van der Waals surface area contributed by atoms with Gasteiger partial charge < -0.3 is 4.98 Å². The molecule has 0 radical (unpaired) electrons. The molecule has 23 heavy (non-hydrogen) atoms. The van der Waals surface area contributed by atoms with E-state index in [2.05, 4.69) is 87.2 Å². The molecule has 3 heteroatoms. The molecule has 1 nitrogen and oxygen atoms in total. The van der Waals surface area contributed by atoms with Crippen molar-refractivity contribution in [1.29, 1.82) is 0 Å². The molecule has 0 aliphatic rings. The lowest BCUT2D eigenvalue weighted by molar-refractivity contribution is 0.638. The molecule has 0 spiro atoms. The first-order chi connectivity index (χ1) is 10.6. The third kappa shape index (κ3) is 4.22. The lowest BCUT2D eigenvalue weighted by atomic mass is 10.3. The van der Waals surface area contributed by atoms with Crippen LogP contribution in [0.5, 0.6) is 0 Å². The number of hydrogen-bond acceptors (Lipinski definition) is 1. The minimum Gasteiger partial charge on any atom is -0.333 e. The third-order valence-electron chi connectivity index (χ3n) is 6.44. The minimum absolute atomic E-state index is 0.631. The quantitative estimate of drug-likeness (QED) is 0.416. The van der Waals surface area contributed by atoms with E-state index < -0.39 is 15.3 Å². The second-order valence-electron chi connectivity index (χ2n) is 8.48. The molecule has 138 valence electrons. The molecule has 0 amide bonds. The number of nitrogens with one attached hydrogen (secondary N) is 1. The first-order valence-electron chi connectivity index (χ1n) is 9.99. The highest BCUT2D eigenvalue weighted by Crippen LogP contribution is 2.50. The molecule has 0 aliphatic heterocycles. The molecule has 2 unspecified atom stereocenters. The zero-order chi connectivity index (χ0) is 18.4. The van der Waals surface area contributed by atoms with Crippen LogP contribution in [-0.4, -0.2) is 21.4 Å². The van der Waals surface area contributed by atoms with Crippen molar-refractivity contribution >= 4 is 15.3 Å². The Labute approximate surface area is 149 Å². The molecule has 0 aromatic carbocycles. The molecule has 0 fully saturated rings. The van der Waals surface area contributed by atoms with Gasteiger partial charge >= 0.3 is 0 Å². The van der Waals surface area contributed by atoms with Crippen LogP contribution in [0, 0.1) is 0 Å². The summed E-state index contributed by atoms with van der Waals surface area (Å²) in [5.41, 5.74) is 2.48. The summed E-state index contributed by atoms with van der Waals surface area (Å²) >= 11 is 0. The Hall–Kier alpha value is 0.134. The summed E-state index contributed by atoms with van der Waals surface area (Å²) in [6, 6.07) is 2.04. The van der Waals surface area contributed by atoms with Crippen LogP contribution in [0.2, 0.25) is 22.7 Å². The highest BCUT2D eigenvalue weighted by atomic mass is 29.3. The number of allylic oxidation sites excluding steroid dienone is 2. The molecule has 0 aliphatic carbocycles. The summed E-state index contributed by atoms with van der Waals surface area (Å²) in [6.07, 6.45) is 4.99. The average Bonchev–Trinajstić information content (AvgIpc) is 2.45. The van der Waals surface area contributed by atoms with Gasteiger partial charge in [-0.3, -0.25) is 0 Å². The molecule has 0 saturated heterocycles. The largest absolute Gasteiger partial charge is 0.333 e. The SMILES string of the molecule is C/C=C(\C)[Si](CCC)(NC(C)CC)[Si](C(C)C)(C(C)C)C(C)C. The van der Waals surface area contributed by atoms with Crippen LogP contribution < -0.4 is 4.98 Å². The number of rotatable bonds is 10. The van der Waals surface area contributed by atoms with Gasteiger partial charge in [0.05, 0.1) is 7.59 Å². The third-order valence-corrected chi connectivity index (χ3v) is 29.5. The second kappa shape index (κ2) is 9.57. The van der Waals surface area contributed by atoms with E-state index in [9.17, 15) is 0 Å². The van der Waals surface area contributed by atoms with E-state index in [1.807, 2.05) is 0 Å². The van der Waals surface area contributed by atoms with Gasteiger partial charge in [0.15, 0.2) is 0 Å². The first kappa shape index (κ1) is 23.1. The molecular formula is C20H45NSi2. The van der Waals surface area contributed by atoms with Crippen molar-refractivity contribution in [1.82, 2.24) is 4.98 Å². The normalized spacial score (nSPS) is 17.9. The molecule has 0 rings (SSSR count). The van der Waals surface area contributed by atoms with Gasteiger partial charge in [-0.1, -0.05) is 96.6 Å². The molecular weight excluding hydrogens is 310 g/mol. The van der Waals surface area contributed by atoms with E-state index in [0.717, 1.165) is 16.6 Å². The van der Waals surface area contributed by atoms with Gasteiger partial charge in [0.25, 0.3) is 0 Å². The lowest BCUT2D eigenvalue weighted by Gasteiger charge is -2.57. The van der Waals surface area contributed by atoms with Gasteiger partial charge in [-0.05, 0) is 32.4 Å². The maximum Gasteiger partial charge on any atom is 0.143 e. The summed E-state index contributed by atoms with van der Waals surface area (Å²) in [5.74, 6) is 0. The Morgan fingerprint density at radius 3 is 1.61 bits per heavy atom. The van der Waals surface area contributed by atoms with Gasteiger partial charge in [-0.25, -0.2) is 0 Å². The van der Waals surface area contributed by atoms with E-state index >= 15 is 0 Å². The standard InChI is InChI=1S/C20H45NSi2/c1-12-15-22(20(11)14-3,21-19(10)13-2)23(16(4)5,17(6)7)18(8)9/h14,16-19,21H,12-13,15H2,1-11H3/b20-14+. The Morgan fingerprint density at radius 2 is 1.35 bits per heavy atom. The second-order valence-corrected chi connectivity index (χ2v) is 22.4. The van der Waals surface area contributed by atoms with Crippen molar-refractivity contribution < 1.29 is 0 Å². The van der Waals surface area contributed by atoms with Crippen LogP contribution in [-0.2, 0) is 0 Å². The summed E-state index contributed by atoms with van der Waals surface area (Å²) in [7, 11) is -3.23. The van der Waals surface area contributed by atoms with E-state index in [4.69, 9.17) is 0 Å². The van der Waals surface area contributed by atoms with Crippen LogP contribution in [0.25, 0.3) is 0 Å². The van der Waals surface area contributed by atoms with E-state index in [0.29, 0.717) is 6.04 Å². The van der Waals surface area contributed by atoms with E-state index in [1.165, 1.54) is 18.9 Å². The highest BCUT2D eigenvalue weighted by molar-refractivity contribution is 7.45. The fourth-order valence-corrected chi connectivity index (χ4v) is 32.0. The Balaban J connectivity index is 6.64. The molecule has 0 heterocycles. The fraction of sp³-hybridized carbons (Fsp3) is 0.900. The maximum atomic E-state index is 4.35. The summed E-state index contributed by atoms with van der Waals surface area (Å²) in [5, 5.41) is 1.72. The van der Waals surface area contributed by atoms with E-state index in [1.54, 1.807) is 5.20 Å². The average molecular weight is 356 g/mol. The van der Waals surface area contributed by atoms with Gasteiger partial charge in [-0.2, -0.15) is 0 Å². The van der Waals surface area contributed by atoms with Crippen LogP contribution in [0.4, 0.5) is 0 Å². The van der Waals surface area contributed by atoms with Crippen molar-refractivity contribution in [3.05, 3.63) is 11.3 Å². The van der Waals surface area contributed by atoms with Gasteiger partial charge in [-0.15, -0.1) is 0 Å². The summed E-state index contributed by atoms with van der Waals surface area (Å²) in [6.45, 7) is 27.0. The van der Waals surface area contributed by atoms with Crippen LogP contribution in [0.1, 0.15) is 89.0 Å². The van der Waals surface area contributed by atoms with Crippen molar-refractivity contribution in [2.75, 3.05) is 0 Å². The van der Waals surface area contributed by atoms with Crippen LogP contribution in [0.3, 0.4) is 0 Å². The molecule has 0 aromatic rings. The molecule has 2 atom stereocenters. The molecule has 0 bridgehead atoms. The Kier molecular flexibility index (Phi) is 9.63. The van der Waals surface area contributed by atoms with Crippen molar-refractivity contribution in [2.45, 2.75) is 118 Å². The lowest BCUT2D eigenvalue weighted by Crippen LogP contribution is -2.77. The van der Waals surface area contributed by atoms with Crippen LogP contribution >= 0.6 is 0 Å². The Bertz CT molecular complexity index is 352. The van der Waals surface area contributed by atoms with Gasteiger partial charge in [0, 0.05) is 0 Å². The van der Waals surface area contributed by atoms with Crippen molar-refractivity contribution in [3.63, 3.8) is 0 Å². The Morgan fingerprint density at radius 1 is 0.913 bits per heavy atom. The first-order valence-corrected chi connectivity index (χ1v) is 15.4.